The van der Waals surface area contributed by atoms with Crippen LogP contribution in [-0.2, 0) is 10.0 Å². The van der Waals surface area contributed by atoms with Crippen molar-refractivity contribution in [3.05, 3.63) is 90.6 Å². The van der Waals surface area contributed by atoms with E-state index in [1.165, 1.54) is 7.05 Å². The fraction of sp³-hybridized carbons (Fsp3) is 0.0833. The van der Waals surface area contributed by atoms with Crippen molar-refractivity contribution in [3.63, 3.8) is 0 Å². The molecular weight excluding hydrogens is 410 g/mol. The Bertz CT molecular complexity index is 1370. The first-order valence-electron chi connectivity index (χ1n) is 9.62. The molecule has 7 heteroatoms. The molecule has 0 spiro atoms. The molecule has 156 valence electrons. The summed E-state index contributed by atoms with van der Waals surface area (Å²) in [6, 6.07) is 23.9. The van der Waals surface area contributed by atoms with E-state index in [0.717, 1.165) is 32.6 Å². The minimum atomic E-state index is -3.51. The van der Waals surface area contributed by atoms with Crippen LogP contribution in [0.15, 0.2) is 85.1 Å². The summed E-state index contributed by atoms with van der Waals surface area (Å²) in [7, 11) is -2.05. The number of pyridine rings is 1. The van der Waals surface area contributed by atoms with Crippen LogP contribution >= 0.6 is 0 Å². The molecule has 1 N–H and O–H groups in total. The summed E-state index contributed by atoms with van der Waals surface area (Å²) in [6.07, 6.45) is 2.87. The number of benzene rings is 3. The van der Waals surface area contributed by atoms with E-state index in [2.05, 4.69) is 10.3 Å². The van der Waals surface area contributed by atoms with E-state index in [-0.39, 0.29) is 5.91 Å². The lowest BCUT2D eigenvalue weighted by Gasteiger charge is -2.21. The molecule has 31 heavy (non-hydrogen) atoms. The quantitative estimate of drug-likeness (QED) is 0.503. The van der Waals surface area contributed by atoms with E-state index in [0.29, 0.717) is 16.9 Å². The Balaban J connectivity index is 1.79. The molecule has 0 aliphatic heterocycles. The number of carbonyl (C=O) groups is 1. The van der Waals surface area contributed by atoms with Crippen molar-refractivity contribution in [1.29, 1.82) is 0 Å². The second-order valence-corrected chi connectivity index (χ2v) is 9.21. The van der Waals surface area contributed by atoms with Crippen molar-refractivity contribution in [2.24, 2.45) is 0 Å². The molecule has 0 saturated carbocycles. The molecule has 1 heterocycles. The van der Waals surface area contributed by atoms with E-state index in [1.807, 2.05) is 42.5 Å². The van der Waals surface area contributed by atoms with E-state index in [1.54, 1.807) is 42.6 Å². The number of nitrogens with one attached hydrogen (secondary N) is 1. The van der Waals surface area contributed by atoms with Crippen molar-refractivity contribution in [3.8, 4) is 11.1 Å². The van der Waals surface area contributed by atoms with Crippen LogP contribution in [0.1, 0.15) is 10.4 Å². The van der Waals surface area contributed by atoms with Crippen molar-refractivity contribution >= 4 is 38.2 Å². The highest BCUT2D eigenvalue weighted by atomic mass is 32.2. The molecular formula is C24H21N3O3S. The summed E-state index contributed by atoms with van der Waals surface area (Å²) in [5.74, 6) is -0.316. The molecule has 0 radical (unpaired) electrons. The molecule has 0 saturated heterocycles. The number of amides is 1. The summed E-state index contributed by atoms with van der Waals surface area (Å²) < 4.78 is 25.4. The second kappa shape index (κ2) is 8.20. The van der Waals surface area contributed by atoms with Gasteiger partial charge in [0, 0.05) is 24.2 Å². The monoisotopic (exact) mass is 431 g/mol. The highest BCUT2D eigenvalue weighted by molar-refractivity contribution is 7.92. The molecule has 6 nitrogen and oxygen atoms in total. The first kappa shape index (κ1) is 20.6. The van der Waals surface area contributed by atoms with E-state index in [9.17, 15) is 13.2 Å². The Morgan fingerprint density at radius 3 is 2.35 bits per heavy atom. The van der Waals surface area contributed by atoms with Gasteiger partial charge in [0.05, 0.1) is 23.1 Å². The van der Waals surface area contributed by atoms with Crippen LogP contribution in [0, 0.1) is 0 Å². The fourth-order valence-electron chi connectivity index (χ4n) is 3.31. The smallest absolute Gasteiger partial charge is 0.255 e. The third-order valence-electron chi connectivity index (χ3n) is 5.05. The van der Waals surface area contributed by atoms with Gasteiger partial charge in [0.2, 0.25) is 10.0 Å². The molecule has 0 unspecified atom stereocenters. The average molecular weight is 432 g/mol. The number of rotatable bonds is 5. The Morgan fingerprint density at radius 1 is 0.903 bits per heavy atom. The number of sulfonamides is 1. The third kappa shape index (κ3) is 4.41. The molecule has 4 aromatic rings. The van der Waals surface area contributed by atoms with Crippen molar-refractivity contribution in [1.82, 2.24) is 4.98 Å². The molecule has 0 aliphatic carbocycles. The first-order valence-corrected chi connectivity index (χ1v) is 11.5. The number of carbonyl (C=O) groups excluding carboxylic acids is 1. The van der Waals surface area contributed by atoms with Crippen LogP contribution in [0.4, 0.5) is 11.4 Å². The number of hydrogen-bond donors (Lipinski definition) is 1. The predicted molar refractivity (Wildman–Crippen MR) is 125 cm³/mol. The normalized spacial score (nSPS) is 11.3. The van der Waals surface area contributed by atoms with Gasteiger partial charge in [0.15, 0.2) is 0 Å². The zero-order valence-corrected chi connectivity index (χ0v) is 17.9. The zero-order chi connectivity index (χ0) is 22.0. The maximum Gasteiger partial charge on any atom is 0.255 e. The Morgan fingerprint density at radius 2 is 1.61 bits per heavy atom. The lowest BCUT2D eigenvalue weighted by atomic mass is 10.0. The molecule has 0 atom stereocenters. The van der Waals surface area contributed by atoms with Gasteiger partial charge in [-0.2, -0.15) is 0 Å². The van der Waals surface area contributed by atoms with E-state index in [4.69, 9.17) is 0 Å². The summed E-state index contributed by atoms with van der Waals surface area (Å²) in [4.78, 5) is 17.1. The standard InChI is InChI=1S/C24H21N3O3S/c1-27(31(2,29)30)23-13-11-19(18-10-12-21-20(15-18)9-6-14-25-21)16-22(23)26-24(28)17-7-4-3-5-8-17/h3-16H,1-2H3,(H,26,28). The third-order valence-corrected chi connectivity index (χ3v) is 6.25. The Kier molecular flexibility index (Phi) is 5.44. The van der Waals surface area contributed by atoms with Gasteiger partial charge in [-0.1, -0.05) is 36.4 Å². The first-order chi connectivity index (χ1) is 14.8. The Hall–Kier alpha value is -3.71. The van der Waals surface area contributed by atoms with E-state index >= 15 is 0 Å². The SMILES string of the molecule is CN(c1ccc(-c2ccc3ncccc3c2)cc1NC(=O)c1ccccc1)S(C)(=O)=O. The van der Waals surface area contributed by atoms with Gasteiger partial charge in [-0.05, 0) is 53.6 Å². The highest BCUT2D eigenvalue weighted by Gasteiger charge is 2.18. The molecule has 0 bridgehead atoms. The van der Waals surface area contributed by atoms with Crippen LogP contribution in [-0.4, -0.2) is 32.6 Å². The maximum absolute atomic E-state index is 12.8. The molecule has 0 aliphatic rings. The second-order valence-electron chi connectivity index (χ2n) is 7.19. The van der Waals surface area contributed by atoms with Crippen LogP contribution < -0.4 is 9.62 Å². The van der Waals surface area contributed by atoms with Crippen molar-refractivity contribution in [2.45, 2.75) is 0 Å². The number of nitrogens with zero attached hydrogens (tertiary/aromatic N) is 2. The van der Waals surface area contributed by atoms with Gasteiger partial charge < -0.3 is 5.32 Å². The fourth-order valence-corrected chi connectivity index (χ4v) is 3.82. The van der Waals surface area contributed by atoms with Crippen molar-refractivity contribution < 1.29 is 13.2 Å². The minimum Gasteiger partial charge on any atom is -0.320 e. The number of anilines is 2. The lowest BCUT2D eigenvalue weighted by Crippen LogP contribution is -2.26. The van der Waals surface area contributed by atoms with Gasteiger partial charge in [-0.3, -0.25) is 14.1 Å². The molecule has 3 aromatic carbocycles. The molecule has 0 fully saturated rings. The molecule has 1 amide bonds. The summed E-state index contributed by atoms with van der Waals surface area (Å²) in [5, 5.41) is 3.86. The lowest BCUT2D eigenvalue weighted by molar-refractivity contribution is 0.102. The number of fused-ring (bicyclic) bond motifs is 1. The maximum atomic E-state index is 12.8. The topological polar surface area (TPSA) is 79.4 Å². The number of aromatic nitrogens is 1. The zero-order valence-electron chi connectivity index (χ0n) is 17.1. The van der Waals surface area contributed by atoms with E-state index < -0.39 is 10.0 Å². The number of hydrogen-bond acceptors (Lipinski definition) is 4. The van der Waals surface area contributed by atoms with Gasteiger partial charge in [-0.15, -0.1) is 0 Å². The van der Waals surface area contributed by atoms with Crippen LogP contribution in [0.25, 0.3) is 22.0 Å². The van der Waals surface area contributed by atoms with Gasteiger partial charge in [0.1, 0.15) is 0 Å². The summed E-state index contributed by atoms with van der Waals surface area (Å²) in [5.41, 5.74) is 3.95. The largest absolute Gasteiger partial charge is 0.320 e. The average Bonchev–Trinajstić information content (AvgIpc) is 2.78. The minimum absolute atomic E-state index is 0.316. The van der Waals surface area contributed by atoms with Gasteiger partial charge >= 0.3 is 0 Å². The van der Waals surface area contributed by atoms with Crippen LogP contribution in [0.2, 0.25) is 0 Å². The Labute approximate surface area is 181 Å². The highest BCUT2D eigenvalue weighted by Crippen LogP contribution is 2.33. The predicted octanol–water partition coefficient (Wildman–Crippen LogP) is 4.55. The van der Waals surface area contributed by atoms with Crippen molar-refractivity contribution in [2.75, 3.05) is 22.9 Å². The molecule has 1 aromatic heterocycles. The van der Waals surface area contributed by atoms with Crippen LogP contribution in [0.3, 0.4) is 0 Å². The van der Waals surface area contributed by atoms with Gasteiger partial charge in [-0.25, -0.2) is 8.42 Å². The van der Waals surface area contributed by atoms with Gasteiger partial charge in [0.25, 0.3) is 5.91 Å². The molecule has 4 rings (SSSR count). The summed E-state index contributed by atoms with van der Waals surface area (Å²) in [6.45, 7) is 0. The summed E-state index contributed by atoms with van der Waals surface area (Å²) >= 11 is 0. The van der Waals surface area contributed by atoms with Crippen LogP contribution in [0.5, 0.6) is 0 Å².